The summed E-state index contributed by atoms with van der Waals surface area (Å²) in [5.41, 5.74) is 1.42. The molecule has 2 aromatic rings. The van der Waals surface area contributed by atoms with Crippen molar-refractivity contribution in [3.63, 3.8) is 0 Å². The highest BCUT2D eigenvalue weighted by Gasteiger charge is 2.35. The molecule has 1 N–H and O–H groups in total. The third-order valence-corrected chi connectivity index (χ3v) is 5.28. The number of hydrogen-bond donors (Lipinski definition) is 1. The van der Waals surface area contributed by atoms with Crippen LogP contribution in [0.15, 0.2) is 60.7 Å². The van der Waals surface area contributed by atoms with E-state index in [2.05, 4.69) is 4.74 Å². The number of phenols is 1. The Labute approximate surface area is 186 Å². The summed E-state index contributed by atoms with van der Waals surface area (Å²) in [6, 6.07) is 14.4. The van der Waals surface area contributed by atoms with Gasteiger partial charge in [-0.25, -0.2) is 0 Å². The fourth-order valence-corrected chi connectivity index (χ4v) is 3.68. The van der Waals surface area contributed by atoms with Crippen molar-refractivity contribution in [2.45, 2.75) is 38.6 Å². The third kappa shape index (κ3) is 6.40. The number of allylic oxidation sites excluding steroid dienone is 2. The fourth-order valence-electron chi connectivity index (χ4n) is 3.46. The number of ether oxygens (including phenoxy) is 3. The molecule has 0 aromatic heterocycles. The van der Waals surface area contributed by atoms with E-state index in [0.29, 0.717) is 30.0 Å². The highest BCUT2D eigenvalue weighted by atomic mass is 35.5. The SMILES string of the molecule is CC(=O)OC(=O)CC/C=C\C[C@H]1COC(c2ccccc2Cl)O[C@H]1c1ccccc1O. The van der Waals surface area contributed by atoms with Crippen LogP contribution in [0.2, 0.25) is 5.02 Å². The molecular formula is C24H25ClO6. The van der Waals surface area contributed by atoms with E-state index in [1.165, 1.54) is 6.92 Å². The van der Waals surface area contributed by atoms with Crippen molar-refractivity contribution in [1.29, 1.82) is 0 Å². The molecule has 2 aromatic carbocycles. The first-order chi connectivity index (χ1) is 15.0. The summed E-state index contributed by atoms with van der Waals surface area (Å²) >= 11 is 6.31. The number of phenolic OH excluding ortho intramolecular Hbond substituents is 1. The normalized spacial score (nSPS) is 21.2. The molecule has 1 saturated heterocycles. The molecule has 0 aliphatic carbocycles. The number of hydrogen-bond acceptors (Lipinski definition) is 6. The lowest BCUT2D eigenvalue weighted by Crippen LogP contribution is -2.30. The van der Waals surface area contributed by atoms with E-state index in [-0.39, 0.29) is 18.1 Å². The minimum atomic E-state index is -0.639. The first-order valence-electron chi connectivity index (χ1n) is 10.1. The van der Waals surface area contributed by atoms with Crippen LogP contribution in [-0.4, -0.2) is 23.7 Å². The summed E-state index contributed by atoms with van der Waals surface area (Å²) in [5, 5.41) is 10.9. The van der Waals surface area contributed by atoms with Crippen LogP contribution in [-0.2, 0) is 23.8 Å². The molecule has 7 heteroatoms. The lowest BCUT2D eigenvalue weighted by Gasteiger charge is -2.37. The molecule has 1 heterocycles. The Morgan fingerprint density at radius 1 is 1.13 bits per heavy atom. The van der Waals surface area contributed by atoms with Gasteiger partial charge < -0.3 is 19.3 Å². The lowest BCUT2D eigenvalue weighted by atomic mass is 9.91. The van der Waals surface area contributed by atoms with Gasteiger partial charge in [-0.2, -0.15) is 0 Å². The smallest absolute Gasteiger partial charge is 0.313 e. The van der Waals surface area contributed by atoms with Crippen LogP contribution < -0.4 is 0 Å². The number of para-hydroxylation sites is 1. The van der Waals surface area contributed by atoms with Crippen molar-refractivity contribution < 1.29 is 28.9 Å². The Balaban J connectivity index is 1.68. The van der Waals surface area contributed by atoms with Gasteiger partial charge in [-0.15, -0.1) is 0 Å². The van der Waals surface area contributed by atoms with Crippen LogP contribution in [0, 0.1) is 5.92 Å². The fraction of sp³-hybridized carbons (Fsp3) is 0.333. The Hall–Kier alpha value is -2.67. The van der Waals surface area contributed by atoms with Crippen molar-refractivity contribution in [2.75, 3.05) is 6.61 Å². The van der Waals surface area contributed by atoms with Gasteiger partial charge in [0.15, 0.2) is 6.29 Å². The van der Waals surface area contributed by atoms with E-state index in [9.17, 15) is 14.7 Å². The largest absolute Gasteiger partial charge is 0.508 e. The minimum absolute atomic E-state index is 0.0486. The van der Waals surface area contributed by atoms with Gasteiger partial charge in [-0.3, -0.25) is 9.59 Å². The zero-order valence-electron chi connectivity index (χ0n) is 17.2. The average Bonchev–Trinajstić information content (AvgIpc) is 2.74. The maximum Gasteiger partial charge on any atom is 0.313 e. The van der Waals surface area contributed by atoms with E-state index >= 15 is 0 Å². The number of benzene rings is 2. The van der Waals surface area contributed by atoms with E-state index in [0.717, 1.165) is 5.56 Å². The predicted octanol–water partition coefficient (Wildman–Crippen LogP) is 5.26. The second kappa shape index (κ2) is 11.1. The number of halogens is 1. The Morgan fingerprint density at radius 3 is 2.55 bits per heavy atom. The molecule has 31 heavy (non-hydrogen) atoms. The molecule has 1 fully saturated rings. The molecule has 3 atom stereocenters. The summed E-state index contributed by atoms with van der Waals surface area (Å²) in [6.45, 7) is 1.61. The quantitative estimate of drug-likeness (QED) is 0.356. The molecule has 6 nitrogen and oxygen atoms in total. The van der Waals surface area contributed by atoms with Crippen molar-refractivity contribution in [2.24, 2.45) is 5.92 Å². The van der Waals surface area contributed by atoms with Crippen LogP contribution in [0.5, 0.6) is 5.75 Å². The zero-order chi connectivity index (χ0) is 22.2. The molecule has 3 rings (SSSR count). The van der Waals surface area contributed by atoms with Crippen molar-refractivity contribution in [1.82, 2.24) is 0 Å². The van der Waals surface area contributed by atoms with Crippen LogP contribution in [0.4, 0.5) is 0 Å². The van der Waals surface area contributed by atoms with Gasteiger partial charge in [0.2, 0.25) is 0 Å². The summed E-state index contributed by atoms with van der Waals surface area (Å²) in [4.78, 5) is 22.2. The molecule has 1 unspecified atom stereocenters. The standard InChI is InChI=1S/C24H25ClO6/c1-16(26)30-22(28)14-4-2-3-9-17-15-29-24(18-10-5-7-12-20(18)25)31-23(17)19-11-6-8-13-21(19)27/h2-3,5-8,10-13,17,23-24,27H,4,9,14-15H2,1H3/b3-2-/t17-,23+,24?/m0/s1. The summed E-state index contributed by atoms with van der Waals surface area (Å²) in [5.74, 6) is -1.04. The number of esters is 2. The van der Waals surface area contributed by atoms with E-state index in [1.54, 1.807) is 18.2 Å². The second-order valence-electron chi connectivity index (χ2n) is 7.27. The van der Waals surface area contributed by atoms with Crippen molar-refractivity contribution >= 4 is 23.5 Å². The molecule has 0 saturated carbocycles. The van der Waals surface area contributed by atoms with Crippen molar-refractivity contribution in [3.05, 3.63) is 76.8 Å². The molecule has 0 bridgehead atoms. The maximum absolute atomic E-state index is 11.4. The van der Waals surface area contributed by atoms with Crippen LogP contribution in [0.1, 0.15) is 49.7 Å². The van der Waals surface area contributed by atoms with Gasteiger partial charge in [-0.1, -0.05) is 60.2 Å². The van der Waals surface area contributed by atoms with Crippen LogP contribution in [0.25, 0.3) is 0 Å². The predicted molar refractivity (Wildman–Crippen MR) is 115 cm³/mol. The van der Waals surface area contributed by atoms with E-state index in [4.69, 9.17) is 21.1 Å². The highest BCUT2D eigenvalue weighted by Crippen LogP contribution is 2.43. The molecule has 0 spiro atoms. The van der Waals surface area contributed by atoms with Crippen LogP contribution >= 0.6 is 11.6 Å². The van der Waals surface area contributed by atoms with Gasteiger partial charge in [0.1, 0.15) is 5.75 Å². The summed E-state index contributed by atoms with van der Waals surface area (Å²) < 4.78 is 16.7. The number of rotatable bonds is 7. The topological polar surface area (TPSA) is 82.1 Å². The van der Waals surface area contributed by atoms with E-state index in [1.807, 2.05) is 42.5 Å². The van der Waals surface area contributed by atoms with Crippen LogP contribution in [0.3, 0.4) is 0 Å². The number of carbonyl (C=O) groups excluding carboxylic acids is 2. The molecule has 1 aliphatic rings. The zero-order valence-corrected chi connectivity index (χ0v) is 18.0. The number of aromatic hydroxyl groups is 1. The lowest BCUT2D eigenvalue weighted by molar-refractivity contribution is -0.244. The van der Waals surface area contributed by atoms with Gasteiger partial charge in [0, 0.05) is 35.4 Å². The van der Waals surface area contributed by atoms with Crippen molar-refractivity contribution in [3.8, 4) is 5.75 Å². The second-order valence-corrected chi connectivity index (χ2v) is 7.68. The first-order valence-corrected chi connectivity index (χ1v) is 10.5. The van der Waals surface area contributed by atoms with Gasteiger partial charge in [0.25, 0.3) is 0 Å². The molecule has 0 amide bonds. The average molecular weight is 445 g/mol. The third-order valence-electron chi connectivity index (χ3n) is 4.94. The summed E-state index contributed by atoms with van der Waals surface area (Å²) in [6.07, 6.45) is 3.99. The van der Waals surface area contributed by atoms with Gasteiger partial charge in [-0.05, 0) is 25.0 Å². The Bertz CT molecular complexity index is 941. The monoisotopic (exact) mass is 444 g/mol. The highest BCUT2D eigenvalue weighted by molar-refractivity contribution is 6.31. The maximum atomic E-state index is 11.4. The first kappa shape index (κ1) is 23.0. The molecular weight excluding hydrogens is 420 g/mol. The summed E-state index contributed by atoms with van der Waals surface area (Å²) in [7, 11) is 0. The Kier molecular flexibility index (Phi) is 8.23. The molecule has 0 radical (unpaired) electrons. The van der Waals surface area contributed by atoms with Gasteiger partial charge in [0.05, 0.1) is 12.7 Å². The minimum Gasteiger partial charge on any atom is -0.508 e. The van der Waals surface area contributed by atoms with Gasteiger partial charge >= 0.3 is 11.9 Å². The molecule has 1 aliphatic heterocycles. The Morgan fingerprint density at radius 2 is 1.84 bits per heavy atom. The number of carbonyl (C=O) groups is 2. The van der Waals surface area contributed by atoms with E-state index < -0.39 is 24.3 Å². The molecule has 164 valence electrons.